The largest absolute Gasteiger partial charge is 0.464 e. The number of ether oxygens (including phenoxy) is 1. The molecule has 0 unspecified atom stereocenters. The molecule has 1 heterocycles. The molecule has 2 atom stereocenters. The highest BCUT2D eigenvalue weighted by molar-refractivity contribution is 5.87. The third kappa shape index (κ3) is 5.61. The van der Waals surface area contributed by atoms with E-state index in [4.69, 9.17) is 4.74 Å². The average molecular weight is 355 g/mol. The summed E-state index contributed by atoms with van der Waals surface area (Å²) >= 11 is 0. The predicted octanol–water partition coefficient (Wildman–Crippen LogP) is 1.82. The van der Waals surface area contributed by atoms with Crippen molar-refractivity contribution < 1.29 is 19.1 Å². The van der Waals surface area contributed by atoms with E-state index < -0.39 is 6.04 Å². The molecule has 1 fully saturated rings. The summed E-state index contributed by atoms with van der Waals surface area (Å²) in [6, 6.07) is -0.680. The second kappa shape index (κ2) is 9.63. The molecule has 0 radical (unpaired) electrons. The fourth-order valence-electron chi connectivity index (χ4n) is 3.12. The monoisotopic (exact) mass is 355 g/mol. The molecule has 25 heavy (non-hydrogen) atoms. The first-order chi connectivity index (χ1) is 11.7. The van der Waals surface area contributed by atoms with Crippen LogP contribution < -0.4 is 0 Å². The maximum Gasteiger partial charge on any atom is 0.329 e. The van der Waals surface area contributed by atoms with Crippen molar-refractivity contribution in [2.45, 2.75) is 46.1 Å². The minimum Gasteiger partial charge on any atom is -0.464 e. The van der Waals surface area contributed by atoms with E-state index >= 15 is 0 Å². The number of hydrogen-bond donors (Lipinski definition) is 0. The first-order valence-corrected chi connectivity index (χ1v) is 9.10. The number of rotatable bonds is 7. The summed E-state index contributed by atoms with van der Waals surface area (Å²) in [5.41, 5.74) is 0. The topological polar surface area (TPSA) is 70.2 Å². The van der Waals surface area contributed by atoms with Crippen molar-refractivity contribution >= 4 is 17.9 Å². The van der Waals surface area contributed by atoms with Crippen LogP contribution in [0, 0.1) is 11.8 Å². The first-order valence-electron chi connectivity index (χ1n) is 9.10. The number of esters is 1. The molecule has 0 aliphatic carbocycles. The highest BCUT2D eigenvalue weighted by atomic mass is 16.5. The van der Waals surface area contributed by atoms with Gasteiger partial charge in [-0.3, -0.25) is 4.79 Å². The molecule has 1 rings (SSSR count). The lowest BCUT2D eigenvalue weighted by Crippen LogP contribution is -2.49. The second-order valence-electron chi connectivity index (χ2n) is 7.27. The van der Waals surface area contributed by atoms with Gasteiger partial charge in [0.15, 0.2) is 0 Å². The van der Waals surface area contributed by atoms with Crippen LogP contribution in [-0.2, 0) is 14.3 Å². The third-order valence-corrected chi connectivity index (χ3v) is 4.57. The summed E-state index contributed by atoms with van der Waals surface area (Å²) < 4.78 is 5.33. The fourth-order valence-corrected chi connectivity index (χ4v) is 3.12. The van der Waals surface area contributed by atoms with E-state index in [9.17, 15) is 14.4 Å². The minimum absolute atomic E-state index is 0.0380. The van der Waals surface area contributed by atoms with Crippen LogP contribution in [0.3, 0.4) is 0 Å². The van der Waals surface area contributed by atoms with Gasteiger partial charge < -0.3 is 19.4 Å². The van der Waals surface area contributed by atoms with Gasteiger partial charge in [0.1, 0.15) is 6.04 Å². The SMILES string of the molecule is CCCCOC(=O)[C@H](C(C)C)N(C)C(=O)[C@H]1CCN(C(=O)N(C)C)C1. The van der Waals surface area contributed by atoms with Gasteiger partial charge in [-0.2, -0.15) is 0 Å². The molecule has 0 N–H and O–H groups in total. The zero-order chi connectivity index (χ0) is 19.1. The number of urea groups is 1. The van der Waals surface area contributed by atoms with Crippen molar-refractivity contribution in [1.82, 2.24) is 14.7 Å². The van der Waals surface area contributed by atoms with Gasteiger partial charge >= 0.3 is 12.0 Å². The van der Waals surface area contributed by atoms with Crippen LogP contribution in [0.2, 0.25) is 0 Å². The van der Waals surface area contributed by atoms with E-state index in [0.717, 1.165) is 12.8 Å². The Morgan fingerprint density at radius 1 is 1.20 bits per heavy atom. The van der Waals surface area contributed by atoms with Gasteiger partial charge in [0.2, 0.25) is 5.91 Å². The maximum absolute atomic E-state index is 12.8. The molecule has 0 aromatic carbocycles. The summed E-state index contributed by atoms with van der Waals surface area (Å²) in [7, 11) is 5.06. The Balaban J connectivity index is 2.71. The summed E-state index contributed by atoms with van der Waals surface area (Å²) in [6.45, 7) is 7.20. The molecule has 0 aromatic rings. The van der Waals surface area contributed by atoms with Crippen LogP contribution in [-0.4, -0.2) is 79.5 Å². The van der Waals surface area contributed by atoms with E-state index in [-0.39, 0.29) is 29.7 Å². The van der Waals surface area contributed by atoms with E-state index in [2.05, 4.69) is 0 Å². The standard InChI is InChI=1S/C18H33N3O4/c1-7-8-11-25-17(23)15(13(2)3)20(6)16(22)14-9-10-21(12-14)18(24)19(4)5/h13-15H,7-12H2,1-6H3/t14-,15-/m0/s1. The normalized spacial score (nSPS) is 18.2. The second-order valence-corrected chi connectivity index (χ2v) is 7.27. The van der Waals surface area contributed by atoms with E-state index in [1.54, 1.807) is 26.0 Å². The third-order valence-electron chi connectivity index (χ3n) is 4.57. The Labute approximate surface area is 151 Å². The Morgan fingerprint density at radius 3 is 2.36 bits per heavy atom. The molecule has 0 bridgehead atoms. The zero-order valence-corrected chi connectivity index (χ0v) is 16.4. The van der Waals surface area contributed by atoms with Crippen molar-refractivity contribution in [2.24, 2.45) is 11.8 Å². The number of likely N-dealkylation sites (N-methyl/N-ethyl adjacent to an activating group) is 1. The van der Waals surface area contributed by atoms with Crippen LogP contribution in [0.1, 0.15) is 40.0 Å². The summed E-state index contributed by atoms with van der Waals surface area (Å²) in [4.78, 5) is 42.0. The highest BCUT2D eigenvalue weighted by Gasteiger charge is 2.38. The van der Waals surface area contributed by atoms with E-state index in [1.807, 2.05) is 20.8 Å². The summed E-state index contributed by atoms with van der Waals surface area (Å²) in [5.74, 6) is -0.749. The molecular formula is C18H33N3O4. The average Bonchev–Trinajstić information content (AvgIpc) is 3.03. The quantitative estimate of drug-likeness (QED) is 0.516. The molecule has 7 heteroatoms. The molecule has 1 aliphatic rings. The number of nitrogens with zero attached hydrogens (tertiary/aromatic N) is 3. The van der Waals surface area contributed by atoms with Crippen molar-refractivity contribution in [3.63, 3.8) is 0 Å². The predicted molar refractivity (Wildman–Crippen MR) is 96.0 cm³/mol. The number of carbonyl (C=O) groups excluding carboxylic acids is 3. The van der Waals surface area contributed by atoms with Crippen LogP contribution in [0.15, 0.2) is 0 Å². The van der Waals surface area contributed by atoms with Crippen LogP contribution in [0.4, 0.5) is 4.79 Å². The van der Waals surface area contributed by atoms with Crippen LogP contribution >= 0.6 is 0 Å². The fraction of sp³-hybridized carbons (Fsp3) is 0.833. The Morgan fingerprint density at radius 2 is 1.84 bits per heavy atom. The molecule has 144 valence electrons. The molecule has 0 aromatic heterocycles. The minimum atomic E-state index is -0.594. The van der Waals surface area contributed by atoms with Gasteiger partial charge in [-0.05, 0) is 18.8 Å². The molecule has 1 saturated heterocycles. The molecule has 3 amide bonds. The van der Waals surface area contributed by atoms with Crippen molar-refractivity contribution in [2.75, 3.05) is 40.8 Å². The number of hydrogen-bond acceptors (Lipinski definition) is 4. The molecule has 7 nitrogen and oxygen atoms in total. The van der Waals surface area contributed by atoms with Gasteiger partial charge in [-0.1, -0.05) is 27.2 Å². The first kappa shape index (κ1) is 21.3. The van der Waals surface area contributed by atoms with Gasteiger partial charge in [0.25, 0.3) is 0 Å². The molecule has 0 spiro atoms. The molecule has 0 saturated carbocycles. The number of unbranched alkanes of at least 4 members (excludes halogenated alkanes) is 1. The van der Waals surface area contributed by atoms with Gasteiger partial charge in [-0.15, -0.1) is 0 Å². The number of carbonyl (C=O) groups is 3. The number of amides is 3. The maximum atomic E-state index is 12.8. The summed E-state index contributed by atoms with van der Waals surface area (Å²) in [6.07, 6.45) is 2.39. The van der Waals surface area contributed by atoms with Crippen molar-refractivity contribution in [1.29, 1.82) is 0 Å². The smallest absolute Gasteiger partial charge is 0.329 e. The Bertz CT molecular complexity index is 479. The highest BCUT2D eigenvalue weighted by Crippen LogP contribution is 2.22. The van der Waals surface area contributed by atoms with Crippen LogP contribution in [0.5, 0.6) is 0 Å². The zero-order valence-electron chi connectivity index (χ0n) is 16.4. The molecular weight excluding hydrogens is 322 g/mol. The van der Waals surface area contributed by atoms with Crippen LogP contribution in [0.25, 0.3) is 0 Å². The lowest BCUT2D eigenvalue weighted by Gasteiger charge is -2.31. The number of likely N-dealkylation sites (tertiary alicyclic amines) is 1. The van der Waals surface area contributed by atoms with E-state index in [1.165, 1.54) is 9.80 Å². The van der Waals surface area contributed by atoms with Gasteiger partial charge in [0, 0.05) is 34.2 Å². The lowest BCUT2D eigenvalue weighted by molar-refractivity contribution is -0.157. The van der Waals surface area contributed by atoms with Crippen molar-refractivity contribution in [3.8, 4) is 0 Å². The Kier molecular flexibility index (Phi) is 8.19. The Hall–Kier alpha value is -1.79. The van der Waals surface area contributed by atoms with E-state index in [0.29, 0.717) is 26.1 Å². The summed E-state index contributed by atoms with van der Waals surface area (Å²) in [5, 5.41) is 0. The van der Waals surface area contributed by atoms with Crippen molar-refractivity contribution in [3.05, 3.63) is 0 Å². The molecule has 1 aliphatic heterocycles. The van der Waals surface area contributed by atoms with Gasteiger partial charge in [0.05, 0.1) is 12.5 Å². The lowest BCUT2D eigenvalue weighted by atomic mass is 10.00. The van der Waals surface area contributed by atoms with Gasteiger partial charge in [-0.25, -0.2) is 9.59 Å².